The van der Waals surface area contributed by atoms with Crippen molar-refractivity contribution in [2.24, 2.45) is 0 Å². The summed E-state index contributed by atoms with van der Waals surface area (Å²) in [7, 11) is 0. The average Bonchev–Trinajstić information content (AvgIpc) is 2.69. The van der Waals surface area contributed by atoms with Crippen LogP contribution in [0.1, 0.15) is 6.92 Å². The molecule has 0 aliphatic heterocycles. The van der Waals surface area contributed by atoms with Crippen LogP contribution >= 0.6 is 0 Å². The van der Waals surface area contributed by atoms with Crippen LogP contribution in [-0.2, 0) is 9.53 Å². The monoisotopic (exact) mass is 206 g/mol. The molecule has 0 bridgehead atoms. The van der Waals surface area contributed by atoms with Gasteiger partial charge in [-0.2, -0.15) is 0 Å². The van der Waals surface area contributed by atoms with Crippen molar-refractivity contribution in [3.63, 3.8) is 0 Å². The van der Waals surface area contributed by atoms with Gasteiger partial charge in [-0.05, 0) is 19.1 Å². The first-order chi connectivity index (χ1) is 7.29. The predicted octanol–water partition coefficient (Wildman–Crippen LogP) is 1.93. The third-order valence-corrected chi connectivity index (χ3v) is 1.85. The Morgan fingerprint density at radius 1 is 1.47 bits per heavy atom. The molecule has 2 rings (SSSR count). The minimum atomic E-state index is 0.431. The second kappa shape index (κ2) is 5.70. The van der Waals surface area contributed by atoms with Gasteiger partial charge >= 0.3 is 0 Å². The Balaban J connectivity index is 0.000000195. The van der Waals surface area contributed by atoms with Crippen LogP contribution in [0.2, 0.25) is 0 Å². The molecule has 1 aromatic carbocycles. The summed E-state index contributed by atoms with van der Waals surface area (Å²) in [6, 6.07) is 7.87. The summed E-state index contributed by atoms with van der Waals surface area (Å²) in [5, 5.41) is 1.17. The number of benzene rings is 1. The lowest BCUT2D eigenvalue weighted by atomic mass is 10.2. The number of rotatable bonds is 2. The number of anilines is 1. The third kappa shape index (κ3) is 3.02. The van der Waals surface area contributed by atoms with Gasteiger partial charge in [0, 0.05) is 11.6 Å². The number of H-pyrrole nitrogens is 1. The number of ether oxygens (including phenoxy) is 1. The minimum Gasteiger partial charge on any atom is -0.468 e. The van der Waals surface area contributed by atoms with Gasteiger partial charge in [-0.15, -0.1) is 0 Å². The van der Waals surface area contributed by atoms with Gasteiger partial charge in [0.15, 0.2) is 0 Å². The zero-order valence-corrected chi connectivity index (χ0v) is 8.57. The fraction of sp³-hybridized carbons (Fsp3) is 0.182. The van der Waals surface area contributed by atoms with Crippen LogP contribution in [-0.4, -0.2) is 18.1 Å². The maximum Gasteiger partial charge on any atom is 0.293 e. The van der Waals surface area contributed by atoms with Crippen LogP contribution in [0.25, 0.3) is 10.9 Å². The van der Waals surface area contributed by atoms with Crippen molar-refractivity contribution in [1.29, 1.82) is 0 Å². The molecule has 0 aliphatic rings. The van der Waals surface area contributed by atoms with Crippen LogP contribution in [0.15, 0.2) is 30.5 Å². The number of hydrogen-bond acceptors (Lipinski definition) is 3. The first-order valence-corrected chi connectivity index (χ1v) is 4.66. The number of nitrogen functional groups attached to an aromatic ring is 1. The van der Waals surface area contributed by atoms with Gasteiger partial charge in [-0.3, -0.25) is 4.79 Å². The molecule has 0 fully saturated rings. The molecule has 1 aromatic heterocycles. The minimum absolute atomic E-state index is 0.431. The van der Waals surface area contributed by atoms with Crippen LogP contribution in [0.4, 0.5) is 5.69 Å². The molecule has 0 unspecified atom stereocenters. The van der Waals surface area contributed by atoms with E-state index in [1.165, 1.54) is 5.39 Å². The molecule has 0 amide bonds. The second-order valence-electron chi connectivity index (χ2n) is 2.84. The van der Waals surface area contributed by atoms with Crippen molar-refractivity contribution >= 4 is 23.1 Å². The van der Waals surface area contributed by atoms with E-state index >= 15 is 0 Å². The van der Waals surface area contributed by atoms with E-state index in [1.807, 2.05) is 30.5 Å². The fourth-order valence-electron chi connectivity index (χ4n) is 1.18. The zero-order chi connectivity index (χ0) is 11.1. The lowest BCUT2D eigenvalue weighted by molar-refractivity contribution is -0.128. The van der Waals surface area contributed by atoms with Gasteiger partial charge in [-0.1, -0.05) is 12.1 Å². The van der Waals surface area contributed by atoms with Crippen LogP contribution in [0, 0.1) is 0 Å². The SMILES string of the molecule is CCOC=O.Nc1cccc2cc[nH]c12. The summed E-state index contributed by atoms with van der Waals surface area (Å²) in [4.78, 5) is 12.2. The average molecular weight is 206 g/mol. The van der Waals surface area contributed by atoms with Crippen molar-refractivity contribution in [1.82, 2.24) is 4.98 Å². The molecule has 1 heterocycles. The molecular weight excluding hydrogens is 192 g/mol. The number of para-hydroxylation sites is 1. The van der Waals surface area contributed by atoms with E-state index in [1.54, 1.807) is 6.92 Å². The number of carbonyl (C=O) groups excluding carboxylic acids is 1. The Morgan fingerprint density at radius 3 is 2.80 bits per heavy atom. The van der Waals surface area contributed by atoms with Crippen LogP contribution in [0.3, 0.4) is 0 Å². The highest BCUT2D eigenvalue weighted by Crippen LogP contribution is 2.17. The summed E-state index contributed by atoms with van der Waals surface area (Å²) in [5.74, 6) is 0. The Hall–Kier alpha value is -1.97. The smallest absolute Gasteiger partial charge is 0.293 e. The molecule has 0 atom stereocenters. The maximum atomic E-state index is 9.18. The molecule has 15 heavy (non-hydrogen) atoms. The Labute approximate surface area is 88.0 Å². The summed E-state index contributed by atoms with van der Waals surface area (Å²) in [6.07, 6.45) is 1.89. The lowest BCUT2D eigenvalue weighted by Gasteiger charge is -1.92. The largest absolute Gasteiger partial charge is 0.468 e. The molecule has 0 radical (unpaired) electrons. The fourth-order valence-corrected chi connectivity index (χ4v) is 1.18. The van der Waals surface area contributed by atoms with Crippen molar-refractivity contribution in [3.8, 4) is 0 Å². The van der Waals surface area contributed by atoms with E-state index in [-0.39, 0.29) is 0 Å². The second-order valence-corrected chi connectivity index (χ2v) is 2.84. The molecule has 80 valence electrons. The predicted molar refractivity (Wildman–Crippen MR) is 60.4 cm³/mol. The highest BCUT2D eigenvalue weighted by molar-refractivity contribution is 5.89. The van der Waals surface area contributed by atoms with Gasteiger partial charge in [0.05, 0.1) is 17.8 Å². The van der Waals surface area contributed by atoms with E-state index < -0.39 is 0 Å². The molecule has 4 nitrogen and oxygen atoms in total. The van der Waals surface area contributed by atoms with E-state index in [0.717, 1.165) is 11.2 Å². The van der Waals surface area contributed by atoms with Gasteiger partial charge in [0.25, 0.3) is 6.47 Å². The highest BCUT2D eigenvalue weighted by atomic mass is 16.5. The number of fused-ring (bicyclic) bond motifs is 1. The van der Waals surface area contributed by atoms with Crippen molar-refractivity contribution in [2.75, 3.05) is 12.3 Å². The van der Waals surface area contributed by atoms with Gasteiger partial charge < -0.3 is 15.5 Å². The number of carbonyl (C=O) groups is 1. The lowest BCUT2D eigenvalue weighted by Crippen LogP contribution is -1.84. The first kappa shape index (κ1) is 11.1. The number of hydrogen-bond donors (Lipinski definition) is 2. The van der Waals surface area contributed by atoms with Crippen molar-refractivity contribution in [3.05, 3.63) is 30.5 Å². The van der Waals surface area contributed by atoms with Gasteiger partial charge in [0.2, 0.25) is 0 Å². The van der Waals surface area contributed by atoms with Crippen LogP contribution < -0.4 is 5.73 Å². The van der Waals surface area contributed by atoms with E-state index in [9.17, 15) is 4.79 Å². The Morgan fingerprint density at radius 2 is 2.27 bits per heavy atom. The molecule has 0 aliphatic carbocycles. The number of nitrogens with one attached hydrogen (secondary N) is 1. The topological polar surface area (TPSA) is 68.1 Å². The van der Waals surface area contributed by atoms with Crippen molar-refractivity contribution < 1.29 is 9.53 Å². The van der Waals surface area contributed by atoms with Gasteiger partial charge in [-0.25, -0.2) is 0 Å². The maximum absolute atomic E-state index is 9.18. The Kier molecular flexibility index (Phi) is 4.22. The zero-order valence-electron chi connectivity index (χ0n) is 8.57. The number of aromatic nitrogens is 1. The number of aromatic amines is 1. The highest BCUT2D eigenvalue weighted by Gasteiger charge is 1.94. The Bertz CT molecular complexity index is 423. The third-order valence-electron chi connectivity index (χ3n) is 1.85. The molecule has 0 saturated carbocycles. The van der Waals surface area contributed by atoms with E-state index in [2.05, 4.69) is 9.72 Å². The van der Waals surface area contributed by atoms with E-state index in [0.29, 0.717) is 13.1 Å². The van der Waals surface area contributed by atoms with Gasteiger partial charge in [0.1, 0.15) is 0 Å². The summed E-state index contributed by atoms with van der Waals surface area (Å²) in [6.45, 7) is 2.66. The molecule has 0 spiro atoms. The summed E-state index contributed by atoms with van der Waals surface area (Å²) >= 11 is 0. The molecule has 3 N–H and O–H groups in total. The summed E-state index contributed by atoms with van der Waals surface area (Å²) < 4.78 is 4.15. The van der Waals surface area contributed by atoms with Crippen molar-refractivity contribution in [2.45, 2.75) is 6.92 Å². The standard InChI is InChI=1S/C8H8N2.C3H6O2/c9-7-3-1-2-6-4-5-10-8(6)7;1-2-5-3-4/h1-5,10H,9H2;3H,2H2,1H3. The molecule has 0 saturated heterocycles. The summed E-state index contributed by atoms with van der Waals surface area (Å²) in [5.41, 5.74) is 7.51. The molecular formula is C11H14N2O2. The van der Waals surface area contributed by atoms with E-state index in [4.69, 9.17) is 5.73 Å². The molecule has 4 heteroatoms. The quantitative estimate of drug-likeness (QED) is 0.582. The first-order valence-electron chi connectivity index (χ1n) is 4.66. The van der Waals surface area contributed by atoms with Crippen LogP contribution in [0.5, 0.6) is 0 Å². The number of nitrogens with two attached hydrogens (primary N) is 1. The normalized spacial score (nSPS) is 9.13. The molecule has 2 aromatic rings.